The summed E-state index contributed by atoms with van der Waals surface area (Å²) in [5.41, 5.74) is 1.95. The molecule has 1 aliphatic heterocycles. The first-order valence-electron chi connectivity index (χ1n) is 8.86. The van der Waals surface area contributed by atoms with Crippen LogP contribution in [0.1, 0.15) is 10.5 Å². The summed E-state index contributed by atoms with van der Waals surface area (Å²) < 4.78 is 0. The minimum absolute atomic E-state index is 0.0425. The SMILES string of the molecule is O=C(c1ccccn1)N1CCN(c2ccc(-c3ccc(Cl)cc3Cl)nn2)CC1. The van der Waals surface area contributed by atoms with Crippen LogP contribution in [0.15, 0.2) is 54.7 Å². The molecule has 1 amide bonds. The second-order valence-electron chi connectivity index (χ2n) is 6.40. The molecule has 1 fully saturated rings. The predicted octanol–water partition coefficient (Wildman–Crippen LogP) is 3.81. The first-order chi connectivity index (χ1) is 13.6. The highest BCUT2D eigenvalue weighted by atomic mass is 35.5. The zero-order chi connectivity index (χ0) is 19.5. The Balaban J connectivity index is 1.42. The third kappa shape index (κ3) is 3.93. The van der Waals surface area contributed by atoms with E-state index >= 15 is 0 Å². The largest absolute Gasteiger partial charge is 0.352 e. The fourth-order valence-corrected chi connectivity index (χ4v) is 3.63. The maximum atomic E-state index is 12.5. The van der Waals surface area contributed by atoms with E-state index in [0.717, 1.165) is 11.4 Å². The van der Waals surface area contributed by atoms with Crippen molar-refractivity contribution in [2.75, 3.05) is 31.1 Å². The van der Waals surface area contributed by atoms with Crippen LogP contribution >= 0.6 is 23.2 Å². The van der Waals surface area contributed by atoms with Gasteiger partial charge in [-0.15, -0.1) is 10.2 Å². The van der Waals surface area contributed by atoms with Crippen molar-refractivity contribution in [3.05, 3.63) is 70.5 Å². The van der Waals surface area contributed by atoms with Gasteiger partial charge in [0.25, 0.3) is 5.91 Å². The summed E-state index contributed by atoms with van der Waals surface area (Å²) in [6.45, 7) is 2.60. The topological polar surface area (TPSA) is 62.2 Å². The summed E-state index contributed by atoms with van der Waals surface area (Å²) in [5.74, 6) is 0.734. The zero-order valence-electron chi connectivity index (χ0n) is 14.9. The summed E-state index contributed by atoms with van der Waals surface area (Å²) in [5, 5.41) is 9.76. The third-order valence-electron chi connectivity index (χ3n) is 4.63. The van der Waals surface area contributed by atoms with Gasteiger partial charge < -0.3 is 9.80 Å². The summed E-state index contributed by atoms with van der Waals surface area (Å²) in [6, 6.07) is 14.5. The number of carbonyl (C=O) groups is 1. The molecule has 142 valence electrons. The molecule has 0 saturated carbocycles. The van der Waals surface area contributed by atoms with Crippen LogP contribution in [-0.4, -0.2) is 52.2 Å². The molecule has 0 atom stereocenters. The number of rotatable bonds is 3. The Morgan fingerprint density at radius 1 is 0.929 bits per heavy atom. The highest BCUT2D eigenvalue weighted by molar-refractivity contribution is 6.36. The van der Waals surface area contributed by atoms with Gasteiger partial charge in [0.2, 0.25) is 0 Å². The molecular formula is C20H17Cl2N5O. The van der Waals surface area contributed by atoms with Crippen LogP contribution in [0.4, 0.5) is 5.82 Å². The number of amides is 1. The van der Waals surface area contributed by atoms with Gasteiger partial charge >= 0.3 is 0 Å². The van der Waals surface area contributed by atoms with E-state index in [1.807, 2.05) is 29.2 Å². The van der Waals surface area contributed by atoms with Crippen LogP contribution in [0.5, 0.6) is 0 Å². The Hall–Kier alpha value is -2.70. The fraction of sp³-hybridized carbons (Fsp3) is 0.200. The number of hydrogen-bond acceptors (Lipinski definition) is 5. The molecule has 28 heavy (non-hydrogen) atoms. The quantitative estimate of drug-likeness (QED) is 0.653. The Morgan fingerprint density at radius 3 is 2.39 bits per heavy atom. The Bertz CT molecular complexity index is 974. The number of anilines is 1. The lowest BCUT2D eigenvalue weighted by molar-refractivity contribution is 0.0740. The Kier molecular flexibility index (Phi) is 5.41. The number of pyridine rings is 1. The molecule has 2 aromatic heterocycles. The second-order valence-corrected chi connectivity index (χ2v) is 7.24. The van der Waals surface area contributed by atoms with Gasteiger partial charge in [-0.1, -0.05) is 29.3 Å². The predicted molar refractivity (Wildman–Crippen MR) is 110 cm³/mol. The van der Waals surface area contributed by atoms with Gasteiger partial charge in [0, 0.05) is 43.0 Å². The number of nitrogens with zero attached hydrogens (tertiary/aromatic N) is 5. The van der Waals surface area contributed by atoms with Crippen LogP contribution in [-0.2, 0) is 0 Å². The van der Waals surface area contributed by atoms with Gasteiger partial charge in [-0.05, 0) is 42.5 Å². The van der Waals surface area contributed by atoms with E-state index in [-0.39, 0.29) is 5.91 Å². The molecule has 0 bridgehead atoms. The lowest BCUT2D eigenvalue weighted by Gasteiger charge is -2.35. The van der Waals surface area contributed by atoms with Gasteiger partial charge in [-0.3, -0.25) is 9.78 Å². The minimum Gasteiger partial charge on any atom is -0.352 e. The summed E-state index contributed by atoms with van der Waals surface area (Å²) in [4.78, 5) is 20.6. The number of aromatic nitrogens is 3. The molecule has 1 aromatic carbocycles. The van der Waals surface area contributed by atoms with E-state index in [4.69, 9.17) is 23.2 Å². The van der Waals surface area contributed by atoms with Gasteiger partial charge in [0.15, 0.2) is 5.82 Å². The van der Waals surface area contributed by atoms with Gasteiger partial charge in [-0.2, -0.15) is 0 Å². The minimum atomic E-state index is -0.0425. The number of benzene rings is 1. The first-order valence-corrected chi connectivity index (χ1v) is 9.62. The molecule has 0 radical (unpaired) electrons. The molecule has 3 heterocycles. The van der Waals surface area contributed by atoms with Gasteiger partial charge in [-0.25, -0.2) is 0 Å². The number of hydrogen-bond donors (Lipinski definition) is 0. The lowest BCUT2D eigenvalue weighted by atomic mass is 10.1. The molecule has 0 unspecified atom stereocenters. The molecule has 4 rings (SSSR count). The van der Waals surface area contributed by atoms with Crippen LogP contribution in [0.3, 0.4) is 0 Å². The lowest BCUT2D eigenvalue weighted by Crippen LogP contribution is -2.49. The van der Waals surface area contributed by atoms with Crippen LogP contribution < -0.4 is 4.90 Å². The van der Waals surface area contributed by atoms with Crippen LogP contribution in [0, 0.1) is 0 Å². The highest BCUT2D eigenvalue weighted by Crippen LogP contribution is 2.29. The Labute approximate surface area is 172 Å². The molecule has 1 aliphatic rings. The number of carbonyl (C=O) groups excluding carboxylic acids is 1. The van der Waals surface area contributed by atoms with E-state index in [2.05, 4.69) is 20.1 Å². The number of piperazine rings is 1. The second kappa shape index (κ2) is 8.12. The average molecular weight is 414 g/mol. The third-order valence-corrected chi connectivity index (χ3v) is 5.18. The van der Waals surface area contributed by atoms with E-state index in [9.17, 15) is 4.79 Å². The summed E-state index contributed by atoms with van der Waals surface area (Å²) >= 11 is 12.2. The van der Waals surface area contributed by atoms with Crippen molar-refractivity contribution in [3.63, 3.8) is 0 Å². The molecular weight excluding hydrogens is 397 g/mol. The molecule has 3 aromatic rings. The molecule has 0 spiro atoms. The molecule has 0 N–H and O–H groups in total. The van der Waals surface area contributed by atoms with Crippen molar-refractivity contribution in [2.45, 2.75) is 0 Å². The standard InChI is InChI=1S/C20H17Cl2N5O/c21-14-4-5-15(16(22)13-14)17-6-7-19(25-24-17)26-9-11-27(12-10-26)20(28)18-3-1-2-8-23-18/h1-8,13H,9-12H2. The van der Waals surface area contributed by atoms with E-state index in [0.29, 0.717) is 47.6 Å². The summed E-state index contributed by atoms with van der Waals surface area (Å²) in [7, 11) is 0. The molecule has 6 nitrogen and oxygen atoms in total. The Morgan fingerprint density at radius 2 is 1.75 bits per heavy atom. The first kappa shape index (κ1) is 18.7. The van der Waals surface area contributed by atoms with Crippen LogP contribution in [0.25, 0.3) is 11.3 Å². The maximum Gasteiger partial charge on any atom is 0.272 e. The van der Waals surface area contributed by atoms with Crippen molar-refractivity contribution in [3.8, 4) is 11.3 Å². The van der Waals surface area contributed by atoms with Gasteiger partial charge in [0.05, 0.1) is 10.7 Å². The average Bonchev–Trinajstić information content (AvgIpc) is 2.74. The zero-order valence-corrected chi connectivity index (χ0v) is 16.4. The molecule has 0 aliphatic carbocycles. The van der Waals surface area contributed by atoms with Crippen LogP contribution in [0.2, 0.25) is 10.0 Å². The maximum absolute atomic E-state index is 12.5. The fourth-order valence-electron chi connectivity index (χ4n) is 3.12. The van der Waals surface area contributed by atoms with E-state index in [1.165, 1.54) is 0 Å². The van der Waals surface area contributed by atoms with Crippen molar-refractivity contribution < 1.29 is 4.79 Å². The van der Waals surface area contributed by atoms with Crippen molar-refractivity contribution in [1.82, 2.24) is 20.1 Å². The van der Waals surface area contributed by atoms with Crippen molar-refractivity contribution in [2.24, 2.45) is 0 Å². The monoisotopic (exact) mass is 413 g/mol. The normalized spacial score (nSPS) is 14.2. The van der Waals surface area contributed by atoms with Crippen molar-refractivity contribution >= 4 is 34.9 Å². The van der Waals surface area contributed by atoms with E-state index < -0.39 is 0 Å². The van der Waals surface area contributed by atoms with Gasteiger partial charge in [0.1, 0.15) is 5.69 Å². The highest BCUT2D eigenvalue weighted by Gasteiger charge is 2.23. The molecule has 8 heteroatoms. The number of halogens is 2. The van der Waals surface area contributed by atoms with Crippen molar-refractivity contribution in [1.29, 1.82) is 0 Å². The smallest absolute Gasteiger partial charge is 0.272 e. The molecule has 1 saturated heterocycles. The summed E-state index contributed by atoms with van der Waals surface area (Å²) in [6.07, 6.45) is 1.63. The van der Waals surface area contributed by atoms with E-state index in [1.54, 1.807) is 30.5 Å².